The number of amides is 1. The molecule has 1 heterocycles. The molecule has 1 atom stereocenters. The normalized spacial score (nSPS) is 22.8. The molecule has 1 unspecified atom stereocenters. The number of carbonyl (C=O) groups excluding carboxylic acids is 1. The Kier molecular flexibility index (Phi) is 6.11. The second-order valence-electron chi connectivity index (χ2n) is 3.14. The Bertz CT molecular complexity index is 141. The predicted molar refractivity (Wildman–Crippen MR) is 51.3 cm³/mol. The summed E-state index contributed by atoms with van der Waals surface area (Å²) in [6, 6.07) is 0. The van der Waals surface area contributed by atoms with Crippen LogP contribution in [0, 0.1) is 5.92 Å². The first-order chi connectivity index (χ1) is 5.33. The van der Waals surface area contributed by atoms with Crippen molar-refractivity contribution in [3.8, 4) is 0 Å². The highest BCUT2D eigenvalue weighted by atomic mass is 35.5. The van der Waals surface area contributed by atoms with E-state index >= 15 is 0 Å². The molecule has 1 saturated heterocycles. The van der Waals surface area contributed by atoms with Crippen molar-refractivity contribution in [2.24, 2.45) is 11.7 Å². The number of carbonyl (C=O) groups is 1. The van der Waals surface area contributed by atoms with Crippen molar-refractivity contribution >= 4 is 18.3 Å². The topological polar surface area (TPSA) is 55.1 Å². The number of piperidine rings is 1. The summed E-state index contributed by atoms with van der Waals surface area (Å²) in [5.41, 5.74) is 5.38. The van der Waals surface area contributed by atoms with Crippen LogP contribution in [0.25, 0.3) is 0 Å². The van der Waals surface area contributed by atoms with E-state index in [1.54, 1.807) is 0 Å². The van der Waals surface area contributed by atoms with Crippen molar-refractivity contribution in [3.05, 3.63) is 0 Å². The molecular formula is C8H17ClN2O. The predicted octanol–water partition coefficient (Wildman–Crippen LogP) is 0.673. The van der Waals surface area contributed by atoms with Gasteiger partial charge in [-0.15, -0.1) is 12.4 Å². The van der Waals surface area contributed by atoms with E-state index in [1.807, 2.05) is 0 Å². The maximum Gasteiger partial charge on any atom is 0.220 e. The summed E-state index contributed by atoms with van der Waals surface area (Å²) < 4.78 is 0. The molecular weight excluding hydrogens is 176 g/mol. The van der Waals surface area contributed by atoms with E-state index in [4.69, 9.17) is 5.73 Å². The lowest BCUT2D eigenvalue weighted by molar-refractivity contribution is -0.123. The molecule has 0 saturated carbocycles. The van der Waals surface area contributed by atoms with Crippen LogP contribution in [0.5, 0.6) is 0 Å². The van der Waals surface area contributed by atoms with Gasteiger partial charge >= 0.3 is 0 Å². The SMILES string of the molecule is Cl.NCCCC1CCNC(=O)C1. The lowest BCUT2D eigenvalue weighted by atomic mass is 9.93. The van der Waals surface area contributed by atoms with Gasteiger partial charge in [-0.1, -0.05) is 0 Å². The first-order valence-corrected chi connectivity index (χ1v) is 4.29. The molecule has 72 valence electrons. The van der Waals surface area contributed by atoms with Crippen LogP contribution in [0.3, 0.4) is 0 Å². The number of hydrogen-bond donors (Lipinski definition) is 2. The zero-order valence-electron chi connectivity index (χ0n) is 7.21. The monoisotopic (exact) mass is 192 g/mol. The van der Waals surface area contributed by atoms with Crippen molar-refractivity contribution < 1.29 is 4.79 Å². The molecule has 0 aromatic rings. The number of nitrogens with one attached hydrogen (secondary N) is 1. The Labute approximate surface area is 79.5 Å². The first-order valence-electron chi connectivity index (χ1n) is 4.29. The summed E-state index contributed by atoms with van der Waals surface area (Å²) >= 11 is 0. The maximum atomic E-state index is 10.9. The maximum absolute atomic E-state index is 10.9. The second-order valence-corrected chi connectivity index (χ2v) is 3.14. The van der Waals surface area contributed by atoms with E-state index in [9.17, 15) is 4.79 Å². The van der Waals surface area contributed by atoms with Gasteiger partial charge in [-0.25, -0.2) is 0 Å². The van der Waals surface area contributed by atoms with Crippen molar-refractivity contribution in [1.29, 1.82) is 0 Å². The first kappa shape index (κ1) is 11.7. The third kappa shape index (κ3) is 3.93. The molecule has 12 heavy (non-hydrogen) atoms. The fraction of sp³-hybridized carbons (Fsp3) is 0.875. The Morgan fingerprint density at radius 3 is 2.92 bits per heavy atom. The smallest absolute Gasteiger partial charge is 0.220 e. The van der Waals surface area contributed by atoms with Gasteiger partial charge in [-0.2, -0.15) is 0 Å². The zero-order valence-corrected chi connectivity index (χ0v) is 8.03. The van der Waals surface area contributed by atoms with Gasteiger partial charge in [0.2, 0.25) is 5.91 Å². The lowest BCUT2D eigenvalue weighted by Crippen LogP contribution is -2.33. The van der Waals surface area contributed by atoms with Gasteiger partial charge in [-0.3, -0.25) is 4.79 Å². The van der Waals surface area contributed by atoms with Crippen molar-refractivity contribution in [1.82, 2.24) is 5.32 Å². The summed E-state index contributed by atoms with van der Waals surface area (Å²) in [5, 5.41) is 2.82. The van der Waals surface area contributed by atoms with Gasteiger partial charge in [0.1, 0.15) is 0 Å². The number of hydrogen-bond acceptors (Lipinski definition) is 2. The highest BCUT2D eigenvalue weighted by Gasteiger charge is 2.17. The molecule has 0 spiro atoms. The minimum Gasteiger partial charge on any atom is -0.356 e. The quantitative estimate of drug-likeness (QED) is 0.691. The minimum atomic E-state index is 0. The van der Waals surface area contributed by atoms with Crippen LogP contribution in [-0.2, 0) is 4.79 Å². The number of nitrogens with two attached hydrogens (primary N) is 1. The van der Waals surface area contributed by atoms with Crippen molar-refractivity contribution in [2.45, 2.75) is 25.7 Å². The third-order valence-electron chi connectivity index (χ3n) is 2.17. The summed E-state index contributed by atoms with van der Waals surface area (Å²) in [5.74, 6) is 0.797. The zero-order chi connectivity index (χ0) is 8.10. The molecule has 0 aromatic heterocycles. The van der Waals surface area contributed by atoms with Crippen LogP contribution in [-0.4, -0.2) is 19.0 Å². The van der Waals surface area contributed by atoms with Crippen LogP contribution in [0.4, 0.5) is 0 Å². The van der Waals surface area contributed by atoms with Crippen LogP contribution in [0.2, 0.25) is 0 Å². The molecule has 1 aliphatic rings. The molecule has 1 rings (SSSR count). The van der Waals surface area contributed by atoms with Gasteiger partial charge in [-0.05, 0) is 31.7 Å². The molecule has 3 N–H and O–H groups in total. The number of rotatable bonds is 3. The second kappa shape index (κ2) is 6.26. The van der Waals surface area contributed by atoms with Gasteiger partial charge in [0.05, 0.1) is 0 Å². The van der Waals surface area contributed by atoms with Crippen LogP contribution >= 0.6 is 12.4 Å². The van der Waals surface area contributed by atoms with E-state index < -0.39 is 0 Å². The van der Waals surface area contributed by atoms with E-state index in [1.165, 1.54) is 0 Å². The molecule has 1 fully saturated rings. The number of halogens is 1. The molecule has 4 heteroatoms. The van der Waals surface area contributed by atoms with Gasteiger partial charge in [0, 0.05) is 13.0 Å². The fourth-order valence-electron chi connectivity index (χ4n) is 1.51. The molecule has 0 aliphatic carbocycles. The molecule has 0 bridgehead atoms. The van der Waals surface area contributed by atoms with E-state index in [0.717, 1.165) is 32.4 Å². The average Bonchev–Trinajstić information content (AvgIpc) is 2.01. The summed E-state index contributed by atoms with van der Waals surface area (Å²) in [7, 11) is 0. The summed E-state index contributed by atoms with van der Waals surface area (Å²) in [6.45, 7) is 1.60. The van der Waals surface area contributed by atoms with E-state index in [2.05, 4.69) is 5.32 Å². The van der Waals surface area contributed by atoms with Gasteiger partial charge in [0.25, 0.3) is 0 Å². The lowest BCUT2D eigenvalue weighted by Gasteiger charge is -2.21. The van der Waals surface area contributed by atoms with Gasteiger partial charge < -0.3 is 11.1 Å². The minimum absolute atomic E-state index is 0. The summed E-state index contributed by atoms with van der Waals surface area (Å²) in [4.78, 5) is 10.9. The third-order valence-corrected chi connectivity index (χ3v) is 2.17. The van der Waals surface area contributed by atoms with Crippen molar-refractivity contribution in [3.63, 3.8) is 0 Å². The Balaban J connectivity index is 0.00000121. The Morgan fingerprint density at radius 1 is 1.58 bits per heavy atom. The Hall–Kier alpha value is -0.280. The highest BCUT2D eigenvalue weighted by molar-refractivity contribution is 5.85. The molecule has 1 amide bonds. The van der Waals surface area contributed by atoms with Crippen LogP contribution < -0.4 is 11.1 Å². The molecule has 0 aromatic carbocycles. The Morgan fingerprint density at radius 2 is 2.33 bits per heavy atom. The van der Waals surface area contributed by atoms with E-state index in [-0.39, 0.29) is 18.3 Å². The average molecular weight is 193 g/mol. The van der Waals surface area contributed by atoms with E-state index in [0.29, 0.717) is 12.3 Å². The largest absolute Gasteiger partial charge is 0.356 e. The summed E-state index contributed by atoms with van der Waals surface area (Å²) in [6.07, 6.45) is 4.01. The van der Waals surface area contributed by atoms with Crippen LogP contribution in [0.1, 0.15) is 25.7 Å². The van der Waals surface area contributed by atoms with Gasteiger partial charge in [0.15, 0.2) is 0 Å². The van der Waals surface area contributed by atoms with Crippen molar-refractivity contribution in [2.75, 3.05) is 13.1 Å². The highest BCUT2D eigenvalue weighted by Crippen LogP contribution is 2.17. The molecule has 0 radical (unpaired) electrons. The molecule has 1 aliphatic heterocycles. The standard InChI is InChI=1S/C8H16N2O.ClH/c9-4-1-2-7-3-5-10-8(11)6-7;/h7H,1-6,9H2,(H,10,11);1H. The van der Waals surface area contributed by atoms with Crippen LogP contribution in [0.15, 0.2) is 0 Å². The fourth-order valence-corrected chi connectivity index (χ4v) is 1.51. The molecule has 3 nitrogen and oxygen atoms in total.